The van der Waals surface area contributed by atoms with Gasteiger partial charge in [0.1, 0.15) is 11.3 Å². The average Bonchev–Trinajstić information content (AvgIpc) is 2.98. The summed E-state index contributed by atoms with van der Waals surface area (Å²) < 4.78 is 5.00. The molecule has 0 fully saturated rings. The van der Waals surface area contributed by atoms with Gasteiger partial charge in [-0.1, -0.05) is 24.3 Å². The van der Waals surface area contributed by atoms with Crippen molar-refractivity contribution in [3.63, 3.8) is 0 Å². The molecule has 0 radical (unpaired) electrons. The number of nitrogens with one attached hydrogen (secondary N) is 2. The number of H-pyrrole nitrogens is 1. The smallest absolute Gasteiger partial charge is 0.408 e. The number of amides is 1. The second-order valence-electron chi connectivity index (χ2n) is 5.21. The maximum Gasteiger partial charge on any atom is 0.410 e. The molecular weight excluding hydrogens is 292 g/mol. The van der Waals surface area contributed by atoms with E-state index in [9.17, 15) is 4.79 Å². The van der Waals surface area contributed by atoms with Crippen LogP contribution in [0.15, 0.2) is 42.5 Å². The number of carbonyl (C=O) groups is 1. The van der Waals surface area contributed by atoms with Crippen molar-refractivity contribution in [2.45, 2.75) is 6.42 Å². The lowest BCUT2D eigenvalue weighted by Crippen LogP contribution is -2.16. The van der Waals surface area contributed by atoms with E-state index in [0.29, 0.717) is 11.3 Å². The van der Waals surface area contributed by atoms with Gasteiger partial charge in [0.25, 0.3) is 0 Å². The Morgan fingerprint density at radius 1 is 1.30 bits per heavy atom. The second-order valence-corrected chi connectivity index (χ2v) is 5.21. The zero-order valence-electron chi connectivity index (χ0n) is 12.8. The number of hydrogen-bond donors (Lipinski definition) is 3. The Bertz CT molecular complexity index is 841. The number of primary amides is 1. The minimum absolute atomic E-state index is 0.351. The molecule has 2 aromatic carbocycles. The standard InChI is InChI=1S/C17H18N4O2/c1-19-9-8-11-4-2-5-12(10-11)16-20-13-6-3-7-14(15(13)21-16)23-17(18)22/h2-7,10,19H,8-9H2,1H3,(H2,18,22)(H,20,21). The number of nitrogens with two attached hydrogens (primary N) is 1. The van der Waals surface area contributed by atoms with Crippen LogP contribution in [0.1, 0.15) is 5.56 Å². The van der Waals surface area contributed by atoms with Crippen molar-refractivity contribution < 1.29 is 9.53 Å². The number of fused-ring (bicyclic) bond motifs is 1. The highest BCUT2D eigenvalue weighted by Gasteiger charge is 2.11. The number of benzene rings is 2. The van der Waals surface area contributed by atoms with Crippen LogP contribution in [-0.4, -0.2) is 29.7 Å². The maximum absolute atomic E-state index is 11.0. The van der Waals surface area contributed by atoms with Gasteiger partial charge in [0, 0.05) is 5.56 Å². The van der Waals surface area contributed by atoms with Crippen LogP contribution < -0.4 is 15.8 Å². The van der Waals surface area contributed by atoms with Crippen molar-refractivity contribution in [3.05, 3.63) is 48.0 Å². The van der Waals surface area contributed by atoms with E-state index in [0.717, 1.165) is 29.9 Å². The first-order valence-electron chi connectivity index (χ1n) is 7.37. The predicted molar refractivity (Wildman–Crippen MR) is 89.4 cm³/mol. The minimum Gasteiger partial charge on any atom is -0.408 e. The molecule has 6 nitrogen and oxygen atoms in total. The van der Waals surface area contributed by atoms with Crippen LogP contribution in [0.2, 0.25) is 0 Å². The summed E-state index contributed by atoms with van der Waals surface area (Å²) in [5.41, 5.74) is 8.68. The van der Waals surface area contributed by atoms with Gasteiger partial charge >= 0.3 is 6.09 Å². The van der Waals surface area contributed by atoms with E-state index in [-0.39, 0.29) is 0 Å². The molecule has 118 valence electrons. The maximum atomic E-state index is 11.0. The van der Waals surface area contributed by atoms with Crippen LogP contribution in [0.25, 0.3) is 22.4 Å². The fourth-order valence-corrected chi connectivity index (χ4v) is 2.48. The molecule has 1 aromatic heterocycles. The number of para-hydroxylation sites is 1. The summed E-state index contributed by atoms with van der Waals surface area (Å²) in [5, 5.41) is 3.14. The number of nitrogens with zero attached hydrogens (tertiary/aromatic N) is 1. The first-order chi connectivity index (χ1) is 11.2. The third-order valence-corrected chi connectivity index (χ3v) is 3.55. The van der Waals surface area contributed by atoms with Gasteiger partial charge in [-0.3, -0.25) is 0 Å². The Morgan fingerprint density at radius 2 is 2.13 bits per heavy atom. The van der Waals surface area contributed by atoms with E-state index in [1.807, 2.05) is 25.2 Å². The Hall–Kier alpha value is -2.86. The summed E-state index contributed by atoms with van der Waals surface area (Å²) >= 11 is 0. The van der Waals surface area contributed by atoms with Gasteiger partial charge in [-0.25, -0.2) is 9.78 Å². The zero-order chi connectivity index (χ0) is 16.2. The molecule has 0 saturated heterocycles. The van der Waals surface area contributed by atoms with Gasteiger partial charge < -0.3 is 20.8 Å². The number of hydrogen-bond acceptors (Lipinski definition) is 4. The van der Waals surface area contributed by atoms with Crippen molar-refractivity contribution in [2.75, 3.05) is 13.6 Å². The fraction of sp³-hybridized carbons (Fsp3) is 0.176. The minimum atomic E-state index is -0.851. The highest BCUT2D eigenvalue weighted by Crippen LogP contribution is 2.27. The molecule has 0 aliphatic heterocycles. The van der Waals surface area contributed by atoms with Crippen molar-refractivity contribution >= 4 is 17.1 Å². The van der Waals surface area contributed by atoms with Crippen LogP contribution in [0.5, 0.6) is 5.75 Å². The predicted octanol–water partition coefficient (Wildman–Crippen LogP) is 2.45. The van der Waals surface area contributed by atoms with E-state index in [1.165, 1.54) is 5.56 Å². The summed E-state index contributed by atoms with van der Waals surface area (Å²) in [6, 6.07) is 13.5. The lowest BCUT2D eigenvalue weighted by Gasteiger charge is -2.03. The highest BCUT2D eigenvalue weighted by atomic mass is 16.5. The van der Waals surface area contributed by atoms with Crippen LogP contribution >= 0.6 is 0 Å². The molecule has 3 aromatic rings. The molecule has 1 amide bonds. The molecule has 0 unspecified atom stereocenters. The first kappa shape index (κ1) is 15.1. The van der Waals surface area contributed by atoms with E-state index >= 15 is 0 Å². The largest absolute Gasteiger partial charge is 0.410 e. The monoisotopic (exact) mass is 310 g/mol. The van der Waals surface area contributed by atoms with Gasteiger partial charge in [0.2, 0.25) is 0 Å². The first-order valence-corrected chi connectivity index (χ1v) is 7.37. The lowest BCUT2D eigenvalue weighted by molar-refractivity contribution is 0.211. The quantitative estimate of drug-likeness (QED) is 0.675. The molecule has 0 atom stereocenters. The van der Waals surface area contributed by atoms with E-state index in [2.05, 4.69) is 27.4 Å². The van der Waals surface area contributed by atoms with E-state index in [4.69, 9.17) is 10.5 Å². The summed E-state index contributed by atoms with van der Waals surface area (Å²) in [6.45, 7) is 0.917. The Labute approximate surface area is 133 Å². The molecule has 3 rings (SSSR count). The summed E-state index contributed by atoms with van der Waals surface area (Å²) in [4.78, 5) is 18.8. The van der Waals surface area contributed by atoms with Crippen LogP contribution in [0, 0.1) is 0 Å². The van der Waals surface area contributed by atoms with Crippen molar-refractivity contribution in [2.24, 2.45) is 5.73 Å². The average molecular weight is 310 g/mol. The number of aromatic nitrogens is 2. The highest BCUT2D eigenvalue weighted by molar-refractivity contribution is 5.87. The number of rotatable bonds is 5. The summed E-state index contributed by atoms with van der Waals surface area (Å²) in [6.07, 6.45) is 0.0942. The molecule has 0 bridgehead atoms. The van der Waals surface area contributed by atoms with Crippen LogP contribution in [0.4, 0.5) is 4.79 Å². The molecule has 0 saturated carbocycles. The van der Waals surface area contributed by atoms with Gasteiger partial charge in [0.15, 0.2) is 5.75 Å². The normalized spacial score (nSPS) is 10.8. The topological polar surface area (TPSA) is 93.0 Å². The van der Waals surface area contributed by atoms with Gasteiger partial charge in [-0.05, 0) is 43.8 Å². The van der Waals surface area contributed by atoms with E-state index in [1.54, 1.807) is 12.1 Å². The molecule has 0 spiro atoms. The molecular formula is C17H18N4O2. The Kier molecular flexibility index (Phi) is 4.25. The van der Waals surface area contributed by atoms with Gasteiger partial charge in [-0.2, -0.15) is 0 Å². The molecule has 1 heterocycles. The number of carbonyl (C=O) groups excluding carboxylic acids is 1. The number of ether oxygens (including phenoxy) is 1. The third kappa shape index (κ3) is 3.32. The van der Waals surface area contributed by atoms with Crippen molar-refractivity contribution in [1.29, 1.82) is 0 Å². The zero-order valence-corrected chi connectivity index (χ0v) is 12.8. The fourth-order valence-electron chi connectivity index (χ4n) is 2.48. The number of aromatic amines is 1. The second kappa shape index (κ2) is 6.50. The SMILES string of the molecule is CNCCc1cccc(-c2nc3c(OC(N)=O)cccc3[nH]2)c1. The number of imidazole rings is 1. The number of likely N-dealkylation sites (N-methyl/N-ethyl adjacent to an activating group) is 1. The van der Waals surface area contributed by atoms with Crippen LogP contribution in [-0.2, 0) is 6.42 Å². The summed E-state index contributed by atoms with van der Waals surface area (Å²) in [7, 11) is 1.93. The van der Waals surface area contributed by atoms with Gasteiger partial charge in [0.05, 0.1) is 5.52 Å². The van der Waals surface area contributed by atoms with Crippen molar-refractivity contribution in [1.82, 2.24) is 15.3 Å². The Balaban J connectivity index is 1.99. The molecule has 0 aliphatic carbocycles. The molecule has 23 heavy (non-hydrogen) atoms. The van der Waals surface area contributed by atoms with Crippen molar-refractivity contribution in [3.8, 4) is 17.1 Å². The summed E-state index contributed by atoms with van der Waals surface area (Å²) in [5.74, 6) is 1.08. The lowest BCUT2D eigenvalue weighted by atomic mass is 10.1. The molecule has 4 N–H and O–H groups in total. The Morgan fingerprint density at radius 3 is 2.91 bits per heavy atom. The third-order valence-electron chi connectivity index (χ3n) is 3.55. The van der Waals surface area contributed by atoms with E-state index < -0.39 is 6.09 Å². The van der Waals surface area contributed by atoms with Gasteiger partial charge in [-0.15, -0.1) is 0 Å². The molecule has 6 heteroatoms. The van der Waals surface area contributed by atoms with Crippen LogP contribution in [0.3, 0.4) is 0 Å². The molecule has 0 aliphatic rings.